The summed E-state index contributed by atoms with van der Waals surface area (Å²) in [4.78, 5) is 14.1. The van der Waals surface area contributed by atoms with E-state index in [1.54, 1.807) is 18.2 Å². The quantitative estimate of drug-likeness (QED) is 0.272. The number of ether oxygens (including phenoxy) is 1. The number of amides is 1. The Morgan fingerprint density at radius 2 is 1.59 bits per heavy atom. The van der Waals surface area contributed by atoms with Crippen LogP contribution in [0.25, 0.3) is 10.9 Å². The number of aromatic nitrogens is 1. The van der Waals surface area contributed by atoms with E-state index in [1.807, 2.05) is 0 Å². The lowest BCUT2D eigenvalue weighted by Crippen LogP contribution is -2.35. The first kappa shape index (κ1) is 24.7. The van der Waals surface area contributed by atoms with Gasteiger partial charge in [0, 0.05) is 32.9 Å². The number of fused-ring (bicyclic) bond motifs is 1. The molecule has 1 aromatic heterocycles. The van der Waals surface area contributed by atoms with Crippen molar-refractivity contribution in [2.45, 2.75) is 9.79 Å². The molecule has 1 heterocycles. The number of nitrogens with one attached hydrogen (secondary N) is 3. The lowest BCUT2D eigenvalue weighted by Gasteiger charge is -2.12. The first-order valence-corrected chi connectivity index (χ1v) is 13.5. The number of halogens is 2. The molecule has 32 heavy (non-hydrogen) atoms. The number of methoxy groups -OCH3 is 1. The topological polar surface area (TPSA) is 160 Å². The van der Waals surface area contributed by atoms with Crippen molar-refractivity contribution in [3.63, 3.8) is 0 Å². The minimum atomic E-state index is -4.21. The van der Waals surface area contributed by atoms with Crippen molar-refractivity contribution in [3.8, 4) is 5.75 Å². The highest BCUT2D eigenvalue weighted by molar-refractivity contribution is 9.10. The average Bonchev–Trinajstić information content (AvgIpc) is 3.11. The van der Waals surface area contributed by atoms with E-state index in [0.29, 0.717) is 14.5 Å². The fourth-order valence-electron chi connectivity index (χ4n) is 2.97. The molecule has 0 atom stereocenters. The molecule has 0 saturated carbocycles. The summed E-state index contributed by atoms with van der Waals surface area (Å²) in [6.45, 7) is -0.536. The highest BCUT2D eigenvalue weighted by atomic mass is 79.9. The summed E-state index contributed by atoms with van der Waals surface area (Å²) in [5, 5.41) is 0.264. The van der Waals surface area contributed by atoms with Crippen LogP contribution < -0.4 is 19.9 Å². The van der Waals surface area contributed by atoms with Gasteiger partial charge in [0.15, 0.2) is 0 Å². The Labute approximate surface area is 201 Å². The maximum atomic E-state index is 12.9. The summed E-state index contributed by atoms with van der Waals surface area (Å²) in [6, 6.07) is 9.30. The van der Waals surface area contributed by atoms with E-state index in [4.69, 9.17) is 10.5 Å². The van der Waals surface area contributed by atoms with Gasteiger partial charge in [-0.3, -0.25) is 4.79 Å². The molecular weight excluding hydrogens is 592 g/mol. The minimum absolute atomic E-state index is 0.102. The van der Waals surface area contributed by atoms with Gasteiger partial charge in [0.2, 0.25) is 20.0 Å². The van der Waals surface area contributed by atoms with Crippen LogP contribution in [0.4, 0.5) is 0 Å². The van der Waals surface area contributed by atoms with Crippen molar-refractivity contribution >= 4 is 68.7 Å². The zero-order chi connectivity index (χ0) is 23.7. The molecule has 3 rings (SSSR count). The van der Waals surface area contributed by atoms with E-state index in [9.17, 15) is 21.6 Å². The number of H-pyrrole nitrogens is 1. The Hall–Kier alpha value is -1.97. The lowest BCUT2D eigenvalue weighted by molar-refractivity contribution is 0.0993. The van der Waals surface area contributed by atoms with Gasteiger partial charge < -0.3 is 15.5 Å². The first-order chi connectivity index (χ1) is 15.0. The standard InChI is InChI=1S/C18H18Br2N4O6S2/c1-30-14-5-3-11(20)9-15(14)31(26,27)22-6-7-23-32(28,29)17-12-8-10(19)2-4-13(12)24-16(17)18(21)25/h2-5,8-9,22-24H,6-7H2,1H3,(H2,21,25). The van der Waals surface area contributed by atoms with Crippen molar-refractivity contribution in [2.24, 2.45) is 5.73 Å². The zero-order valence-electron chi connectivity index (χ0n) is 16.5. The van der Waals surface area contributed by atoms with E-state index >= 15 is 0 Å². The Bertz CT molecular complexity index is 1400. The number of carbonyl (C=O) groups excluding carboxylic acids is 1. The maximum absolute atomic E-state index is 12.9. The number of carbonyl (C=O) groups is 1. The van der Waals surface area contributed by atoms with Gasteiger partial charge in [0.05, 0.1) is 7.11 Å². The summed E-state index contributed by atoms with van der Waals surface area (Å²) in [6.07, 6.45) is 0. The van der Waals surface area contributed by atoms with Gasteiger partial charge in [-0.25, -0.2) is 26.3 Å². The molecule has 0 aliphatic carbocycles. The summed E-state index contributed by atoms with van der Waals surface area (Å²) in [5.41, 5.74) is 5.48. The summed E-state index contributed by atoms with van der Waals surface area (Å²) < 4.78 is 61.9. The molecule has 0 unspecified atom stereocenters. The van der Waals surface area contributed by atoms with Crippen LogP contribution in [0.5, 0.6) is 5.75 Å². The zero-order valence-corrected chi connectivity index (χ0v) is 21.3. The van der Waals surface area contributed by atoms with Gasteiger partial charge >= 0.3 is 0 Å². The highest BCUT2D eigenvalue weighted by Gasteiger charge is 2.27. The van der Waals surface area contributed by atoms with Crippen molar-refractivity contribution in [2.75, 3.05) is 20.2 Å². The summed E-state index contributed by atoms with van der Waals surface area (Å²) in [7, 11) is -6.85. The molecule has 10 nitrogen and oxygen atoms in total. The molecule has 0 saturated heterocycles. The third kappa shape index (κ3) is 5.15. The van der Waals surface area contributed by atoms with Crippen LogP contribution in [-0.4, -0.2) is 47.9 Å². The molecule has 2 aromatic carbocycles. The molecule has 0 radical (unpaired) electrons. The van der Waals surface area contributed by atoms with E-state index in [0.717, 1.165) is 0 Å². The number of aromatic amines is 1. The van der Waals surface area contributed by atoms with Crippen LogP contribution in [0.2, 0.25) is 0 Å². The summed E-state index contributed by atoms with van der Waals surface area (Å²) >= 11 is 6.48. The molecule has 0 bridgehead atoms. The van der Waals surface area contributed by atoms with Crippen LogP contribution in [0.3, 0.4) is 0 Å². The average molecular weight is 610 g/mol. The molecule has 1 amide bonds. The highest BCUT2D eigenvalue weighted by Crippen LogP contribution is 2.29. The van der Waals surface area contributed by atoms with Crippen molar-refractivity contribution in [1.82, 2.24) is 14.4 Å². The third-order valence-corrected chi connectivity index (χ3v) is 8.37. The third-order valence-electron chi connectivity index (χ3n) is 4.35. The number of nitrogens with two attached hydrogens (primary N) is 1. The fraction of sp³-hybridized carbons (Fsp3) is 0.167. The van der Waals surface area contributed by atoms with E-state index in [1.165, 1.54) is 25.3 Å². The van der Waals surface area contributed by atoms with E-state index in [2.05, 4.69) is 46.3 Å². The maximum Gasteiger partial charge on any atom is 0.266 e. The number of rotatable bonds is 9. The van der Waals surface area contributed by atoms with Crippen molar-refractivity contribution in [3.05, 3.63) is 51.0 Å². The Morgan fingerprint density at radius 1 is 1.00 bits per heavy atom. The van der Waals surface area contributed by atoms with Gasteiger partial charge in [0.25, 0.3) is 5.91 Å². The van der Waals surface area contributed by atoms with Gasteiger partial charge in [-0.2, -0.15) is 0 Å². The number of sulfonamides is 2. The molecule has 14 heteroatoms. The number of primary amides is 1. The first-order valence-electron chi connectivity index (χ1n) is 8.90. The second kappa shape index (κ2) is 9.49. The number of hydrogen-bond donors (Lipinski definition) is 4. The Balaban J connectivity index is 1.80. The van der Waals surface area contributed by atoms with Crippen LogP contribution in [0, 0.1) is 0 Å². The van der Waals surface area contributed by atoms with Gasteiger partial charge in [0.1, 0.15) is 21.2 Å². The van der Waals surface area contributed by atoms with Gasteiger partial charge in [-0.1, -0.05) is 31.9 Å². The molecular formula is C18H18Br2N4O6S2. The normalized spacial score (nSPS) is 12.2. The minimum Gasteiger partial charge on any atom is -0.495 e. The predicted octanol–water partition coefficient (Wildman–Crippen LogP) is 2.06. The van der Waals surface area contributed by atoms with Crippen molar-refractivity contribution < 1.29 is 26.4 Å². The van der Waals surface area contributed by atoms with Gasteiger partial charge in [-0.15, -0.1) is 0 Å². The van der Waals surface area contributed by atoms with Crippen LogP contribution >= 0.6 is 31.9 Å². The number of benzene rings is 2. The van der Waals surface area contributed by atoms with Crippen LogP contribution in [-0.2, 0) is 20.0 Å². The lowest BCUT2D eigenvalue weighted by atomic mass is 10.2. The van der Waals surface area contributed by atoms with Gasteiger partial charge in [-0.05, 0) is 36.4 Å². The van der Waals surface area contributed by atoms with Crippen molar-refractivity contribution in [1.29, 1.82) is 0 Å². The van der Waals surface area contributed by atoms with Crippen LogP contribution in [0.15, 0.2) is 55.1 Å². The Morgan fingerprint density at radius 3 is 2.22 bits per heavy atom. The summed E-state index contributed by atoms with van der Waals surface area (Å²) in [5.74, 6) is -0.808. The molecule has 0 spiro atoms. The molecule has 5 N–H and O–H groups in total. The second-order valence-corrected chi connectivity index (χ2v) is 11.7. The Kier molecular flexibility index (Phi) is 7.31. The SMILES string of the molecule is COc1ccc(Br)cc1S(=O)(=O)NCCNS(=O)(=O)c1c(C(N)=O)[nH]c2ccc(Br)cc12. The molecule has 3 aromatic rings. The monoisotopic (exact) mass is 608 g/mol. The van der Waals surface area contributed by atoms with E-state index < -0.39 is 26.0 Å². The molecule has 0 aliphatic rings. The fourth-order valence-corrected chi connectivity index (χ4v) is 6.47. The second-order valence-electron chi connectivity index (χ2n) is 6.47. The molecule has 0 fully saturated rings. The number of hydrogen-bond acceptors (Lipinski definition) is 6. The smallest absolute Gasteiger partial charge is 0.266 e. The predicted molar refractivity (Wildman–Crippen MR) is 126 cm³/mol. The molecule has 172 valence electrons. The largest absolute Gasteiger partial charge is 0.495 e. The van der Waals surface area contributed by atoms with Crippen LogP contribution in [0.1, 0.15) is 10.5 Å². The van der Waals surface area contributed by atoms with E-state index in [-0.39, 0.29) is 39.7 Å². The molecule has 0 aliphatic heterocycles.